The van der Waals surface area contributed by atoms with Crippen molar-refractivity contribution in [3.8, 4) is 11.1 Å². The van der Waals surface area contributed by atoms with Crippen LogP contribution in [0, 0.1) is 5.82 Å². The quantitative estimate of drug-likeness (QED) is 0.882. The van der Waals surface area contributed by atoms with Crippen molar-refractivity contribution in [3.05, 3.63) is 57.8 Å². The summed E-state index contributed by atoms with van der Waals surface area (Å²) in [6.45, 7) is 0. The predicted molar refractivity (Wildman–Crippen MR) is 68.8 cm³/mol. The summed E-state index contributed by atoms with van der Waals surface area (Å²) in [4.78, 5) is 10.8. The molecule has 2 nitrogen and oxygen atoms in total. The molecule has 0 radical (unpaired) electrons. The lowest BCUT2D eigenvalue weighted by atomic mass is 10.0. The van der Waals surface area contributed by atoms with Crippen molar-refractivity contribution in [3.63, 3.8) is 0 Å². The summed E-state index contributed by atoms with van der Waals surface area (Å²) >= 11 is 11.6. The van der Waals surface area contributed by atoms with Crippen molar-refractivity contribution in [2.45, 2.75) is 0 Å². The van der Waals surface area contributed by atoms with E-state index in [0.717, 1.165) is 0 Å². The van der Waals surface area contributed by atoms with Gasteiger partial charge in [-0.1, -0.05) is 29.3 Å². The summed E-state index contributed by atoms with van der Waals surface area (Å²) in [6, 6.07) is 8.47. The van der Waals surface area contributed by atoms with E-state index in [1.807, 2.05) is 0 Å². The third kappa shape index (κ3) is 2.63. The minimum absolute atomic E-state index is 0.00270. The summed E-state index contributed by atoms with van der Waals surface area (Å²) in [7, 11) is 0. The predicted octanol–water partition coefficient (Wildman–Crippen LogP) is 4.50. The van der Waals surface area contributed by atoms with Gasteiger partial charge in [0.2, 0.25) is 0 Å². The molecule has 0 saturated carbocycles. The minimum atomic E-state index is -1.11. The van der Waals surface area contributed by atoms with Gasteiger partial charge in [-0.3, -0.25) is 0 Å². The van der Waals surface area contributed by atoms with Crippen molar-refractivity contribution in [1.29, 1.82) is 0 Å². The highest BCUT2D eigenvalue weighted by atomic mass is 35.5. The average Bonchev–Trinajstić information content (AvgIpc) is 2.26. The number of hydrogen-bond acceptors (Lipinski definition) is 1. The first-order valence-corrected chi connectivity index (χ1v) is 5.72. The number of rotatable bonds is 2. The van der Waals surface area contributed by atoms with Crippen LogP contribution in [0.25, 0.3) is 11.1 Å². The fourth-order valence-electron chi connectivity index (χ4n) is 1.59. The first kappa shape index (κ1) is 12.9. The molecule has 1 N–H and O–H groups in total. The summed E-state index contributed by atoms with van der Waals surface area (Å²) in [6.07, 6.45) is 0. The molecule has 2 aromatic rings. The van der Waals surface area contributed by atoms with E-state index in [4.69, 9.17) is 28.3 Å². The average molecular weight is 285 g/mol. The summed E-state index contributed by atoms with van der Waals surface area (Å²) in [5.74, 6) is -1.57. The van der Waals surface area contributed by atoms with Gasteiger partial charge < -0.3 is 5.11 Å². The maximum absolute atomic E-state index is 13.2. The fourth-order valence-corrected chi connectivity index (χ4v) is 2.07. The highest BCUT2D eigenvalue weighted by Gasteiger charge is 2.10. The molecule has 2 aromatic carbocycles. The van der Waals surface area contributed by atoms with Crippen LogP contribution in [0.15, 0.2) is 36.4 Å². The number of carboxylic acids is 1. The molecule has 0 aliphatic rings. The maximum Gasteiger partial charge on any atom is 0.337 e. The molecule has 0 amide bonds. The van der Waals surface area contributed by atoms with Gasteiger partial charge in [0.25, 0.3) is 0 Å². The van der Waals surface area contributed by atoms with Gasteiger partial charge in [0.15, 0.2) is 0 Å². The van der Waals surface area contributed by atoms with E-state index in [1.165, 1.54) is 24.3 Å². The second-order valence-electron chi connectivity index (χ2n) is 3.66. The van der Waals surface area contributed by atoms with Crippen LogP contribution in [0.5, 0.6) is 0 Å². The van der Waals surface area contributed by atoms with Gasteiger partial charge in [-0.15, -0.1) is 0 Å². The molecule has 0 aromatic heterocycles. The van der Waals surface area contributed by atoms with Gasteiger partial charge in [-0.2, -0.15) is 0 Å². The molecule has 0 fully saturated rings. The Labute approximate surface area is 113 Å². The van der Waals surface area contributed by atoms with Crippen LogP contribution in [0.2, 0.25) is 10.0 Å². The van der Waals surface area contributed by atoms with Gasteiger partial charge in [0.05, 0.1) is 10.6 Å². The third-order valence-corrected chi connectivity index (χ3v) is 2.93. The lowest BCUT2D eigenvalue weighted by Crippen LogP contribution is -1.97. The molecule has 0 aliphatic carbocycles. The van der Waals surface area contributed by atoms with Crippen LogP contribution in [0.3, 0.4) is 0 Å². The summed E-state index contributed by atoms with van der Waals surface area (Å²) in [5, 5.41) is 9.21. The van der Waals surface area contributed by atoms with Crippen LogP contribution < -0.4 is 0 Å². The summed E-state index contributed by atoms with van der Waals surface area (Å²) in [5.41, 5.74) is 1.15. The molecule has 0 unspecified atom stereocenters. The second-order valence-corrected chi connectivity index (χ2v) is 4.50. The molecule has 18 heavy (non-hydrogen) atoms. The molecule has 0 saturated heterocycles. The molecule has 5 heteroatoms. The van der Waals surface area contributed by atoms with E-state index < -0.39 is 11.8 Å². The van der Waals surface area contributed by atoms with E-state index in [1.54, 1.807) is 12.1 Å². The lowest BCUT2D eigenvalue weighted by molar-refractivity contribution is 0.0697. The highest BCUT2D eigenvalue weighted by molar-refractivity contribution is 6.34. The van der Waals surface area contributed by atoms with Gasteiger partial charge in [-0.05, 0) is 41.5 Å². The lowest BCUT2D eigenvalue weighted by Gasteiger charge is -2.05. The van der Waals surface area contributed by atoms with Gasteiger partial charge in [0.1, 0.15) is 5.82 Å². The Morgan fingerprint density at radius 1 is 1.06 bits per heavy atom. The molecule has 0 atom stereocenters. The fraction of sp³-hybridized carbons (Fsp3) is 0. The first-order chi connectivity index (χ1) is 8.47. The Kier molecular flexibility index (Phi) is 3.55. The van der Waals surface area contributed by atoms with Crippen molar-refractivity contribution in [2.75, 3.05) is 0 Å². The zero-order valence-electron chi connectivity index (χ0n) is 8.95. The van der Waals surface area contributed by atoms with Crippen LogP contribution in [0.1, 0.15) is 10.4 Å². The normalized spacial score (nSPS) is 10.4. The van der Waals surface area contributed by atoms with Crippen LogP contribution in [-0.2, 0) is 0 Å². The molecule has 0 heterocycles. The monoisotopic (exact) mass is 284 g/mol. The Bertz CT molecular complexity index is 606. The molecule has 0 bridgehead atoms. The molecular weight excluding hydrogens is 278 g/mol. The largest absolute Gasteiger partial charge is 0.478 e. The zero-order chi connectivity index (χ0) is 13.3. The van der Waals surface area contributed by atoms with Crippen LogP contribution in [-0.4, -0.2) is 11.1 Å². The van der Waals surface area contributed by atoms with Crippen LogP contribution in [0.4, 0.5) is 4.39 Å². The number of halogens is 3. The van der Waals surface area contributed by atoms with Crippen LogP contribution >= 0.6 is 23.2 Å². The first-order valence-electron chi connectivity index (χ1n) is 4.96. The molecular formula is C13H7Cl2FO2. The molecule has 2 rings (SSSR count). The number of carbonyl (C=O) groups is 1. The second kappa shape index (κ2) is 4.96. The van der Waals surface area contributed by atoms with E-state index in [-0.39, 0.29) is 15.6 Å². The van der Waals surface area contributed by atoms with Gasteiger partial charge in [0, 0.05) is 5.02 Å². The standard InChI is InChI=1S/C13H7Cl2FO2/c14-9-3-8(4-10(16)6-9)7-1-2-11(13(17)18)12(15)5-7/h1-6H,(H,17,18). The summed E-state index contributed by atoms with van der Waals surface area (Å²) < 4.78 is 13.2. The van der Waals surface area contributed by atoms with Crippen molar-refractivity contribution in [1.82, 2.24) is 0 Å². The van der Waals surface area contributed by atoms with Crippen molar-refractivity contribution >= 4 is 29.2 Å². The topological polar surface area (TPSA) is 37.3 Å². The number of aromatic carboxylic acids is 1. The zero-order valence-corrected chi connectivity index (χ0v) is 10.5. The minimum Gasteiger partial charge on any atom is -0.478 e. The Balaban J connectivity index is 2.52. The third-order valence-electron chi connectivity index (χ3n) is 2.40. The van der Waals surface area contributed by atoms with E-state index >= 15 is 0 Å². The van der Waals surface area contributed by atoms with Gasteiger partial charge >= 0.3 is 5.97 Å². The molecule has 92 valence electrons. The van der Waals surface area contributed by atoms with Crippen molar-refractivity contribution in [2.24, 2.45) is 0 Å². The van der Waals surface area contributed by atoms with E-state index in [0.29, 0.717) is 11.1 Å². The molecule has 0 spiro atoms. The van der Waals surface area contributed by atoms with Gasteiger partial charge in [-0.25, -0.2) is 9.18 Å². The Morgan fingerprint density at radius 2 is 1.78 bits per heavy atom. The SMILES string of the molecule is O=C(O)c1ccc(-c2cc(F)cc(Cl)c2)cc1Cl. The number of carboxylic acid groups (broad SMARTS) is 1. The number of benzene rings is 2. The van der Waals surface area contributed by atoms with E-state index in [9.17, 15) is 9.18 Å². The van der Waals surface area contributed by atoms with E-state index in [2.05, 4.69) is 0 Å². The maximum atomic E-state index is 13.2. The Hall–Kier alpha value is -1.58. The number of hydrogen-bond donors (Lipinski definition) is 1. The van der Waals surface area contributed by atoms with Crippen molar-refractivity contribution < 1.29 is 14.3 Å². The highest BCUT2D eigenvalue weighted by Crippen LogP contribution is 2.28. The smallest absolute Gasteiger partial charge is 0.337 e. The molecule has 0 aliphatic heterocycles. The Morgan fingerprint density at radius 3 is 2.33 bits per heavy atom.